The lowest BCUT2D eigenvalue weighted by Gasteiger charge is -2.56. The van der Waals surface area contributed by atoms with Crippen LogP contribution in [0.5, 0.6) is 0 Å². The number of anilines is 1. The summed E-state index contributed by atoms with van der Waals surface area (Å²) in [7, 11) is 1.77. The molecule has 1 aromatic carbocycles. The Labute approximate surface area is 145 Å². The van der Waals surface area contributed by atoms with Crippen molar-refractivity contribution in [1.82, 2.24) is 4.90 Å². The molecule has 1 saturated heterocycles. The lowest BCUT2D eigenvalue weighted by atomic mass is 9.48. The zero-order valence-corrected chi connectivity index (χ0v) is 15.6. The minimum atomic E-state index is 0.148. The van der Waals surface area contributed by atoms with Gasteiger partial charge in [-0.25, -0.2) is 0 Å². The first-order chi connectivity index (χ1) is 11.3. The first-order valence-electron chi connectivity index (χ1n) is 8.96. The van der Waals surface area contributed by atoms with Crippen molar-refractivity contribution in [3.05, 3.63) is 29.3 Å². The van der Waals surface area contributed by atoms with Gasteiger partial charge in [0.15, 0.2) is 0 Å². The number of nitrogens with one attached hydrogen (secondary N) is 1. The van der Waals surface area contributed by atoms with Gasteiger partial charge in [-0.15, -0.1) is 0 Å². The molecule has 1 heterocycles. The van der Waals surface area contributed by atoms with Gasteiger partial charge in [-0.3, -0.25) is 4.79 Å². The summed E-state index contributed by atoms with van der Waals surface area (Å²) < 4.78 is 5.51. The van der Waals surface area contributed by atoms with Crippen LogP contribution in [-0.2, 0) is 4.74 Å². The average molecular weight is 330 g/mol. The minimum Gasteiger partial charge on any atom is -0.385 e. The lowest BCUT2D eigenvalue weighted by molar-refractivity contribution is -0.107. The van der Waals surface area contributed by atoms with Crippen LogP contribution >= 0.6 is 0 Å². The number of likely N-dealkylation sites (tertiary alicyclic amines) is 1. The maximum atomic E-state index is 13.2. The Morgan fingerprint density at radius 3 is 2.79 bits per heavy atom. The maximum Gasteiger partial charge on any atom is 0.255 e. The van der Waals surface area contributed by atoms with Crippen LogP contribution in [0.3, 0.4) is 0 Å². The topological polar surface area (TPSA) is 41.6 Å². The molecule has 24 heavy (non-hydrogen) atoms. The highest BCUT2D eigenvalue weighted by Gasteiger charge is 2.63. The van der Waals surface area contributed by atoms with E-state index in [-0.39, 0.29) is 11.3 Å². The van der Waals surface area contributed by atoms with Crippen LogP contribution in [0, 0.1) is 23.7 Å². The van der Waals surface area contributed by atoms with Gasteiger partial charge in [0.05, 0.1) is 12.2 Å². The van der Waals surface area contributed by atoms with Crippen LogP contribution in [0.15, 0.2) is 18.2 Å². The summed E-state index contributed by atoms with van der Waals surface area (Å²) in [5.74, 6) is 0.677. The number of carbonyl (C=O) groups is 1. The highest BCUT2D eigenvalue weighted by atomic mass is 16.5. The van der Waals surface area contributed by atoms with Crippen molar-refractivity contribution in [3.63, 3.8) is 0 Å². The smallest absolute Gasteiger partial charge is 0.255 e. The summed E-state index contributed by atoms with van der Waals surface area (Å²) in [5.41, 5.74) is 3.30. The monoisotopic (exact) mass is 330 g/mol. The molecule has 1 aliphatic carbocycles. The molecule has 2 fully saturated rings. The van der Waals surface area contributed by atoms with Crippen LogP contribution in [0.2, 0.25) is 0 Å². The number of ether oxygens (including phenoxy) is 1. The molecule has 0 radical (unpaired) electrons. The Morgan fingerprint density at radius 2 is 2.17 bits per heavy atom. The van der Waals surface area contributed by atoms with Crippen molar-refractivity contribution in [1.29, 1.82) is 0 Å². The van der Waals surface area contributed by atoms with E-state index in [0.29, 0.717) is 11.3 Å². The van der Waals surface area contributed by atoms with Crippen molar-refractivity contribution in [2.75, 3.05) is 38.7 Å². The van der Waals surface area contributed by atoms with E-state index in [4.69, 9.17) is 4.74 Å². The molecule has 2 atom stereocenters. The van der Waals surface area contributed by atoms with Gasteiger partial charge < -0.3 is 15.0 Å². The number of aryl methyl sites for hydroxylation is 1. The molecule has 0 bridgehead atoms. The van der Waals surface area contributed by atoms with Gasteiger partial charge in [-0.05, 0) is 43.7 Å². The quantitative estimate of drug-likeness (QED) is 0.897. The molecular weight excluding hydrogens is 300 g/mol. The number of carbonyl (C=O) groups excluding carboxylic acids is 1. The Morgan fingerprint density at radius 1 is 1.42 bits per heavy atom. The predicted molar refractivity (Wildman–Crippen MR) is 97.4 cm³/mol. The normalized spacial score (nSPS) is 27.5. The SMILES string of the molecule is CCNc1ccc(C)cc1C(=O)N1C[C@@H]2C(C)(C)C[C@]2(COC)C1. The summed E-state index contributed by atoms with van der Waals surface area (Å²) in [5, 5.41) is 3.32. The Bertz CT molecular complexity index is 641. The van der Waals surface area contributed by atoms with Crippen LogP contribution in [0.25, 0.3) is 0 Å². The summed E-state index contributed by atoms with van der Waals surface area (Å²) in [6.07, 6.45) is 1.14. The Balaban J connectivity index is 1.86. The van der Waals surface area contributed by atoms with Crippen molar-refractivity contribution in [3.8, 4) is 0 Å². The van der Waals surface area contributed by atoms with Gasteiger partial charge in [0, 0.05) is 37.8 Å². The Hall–Kier alpha value is -1.55. The molecule has 132 valence electrons. The maximum absolute atomic E-state index is 13.2. The summed E-state index contributed by atoms with van der Waals surface area (Å²) in [6.45, 7) is 11.9. The van der Waals surface area contributed by atoms with Gasteiger partial charge in [0.2, 0.25) is 0 Å². The molecule has 3 rings (SSSR count). The predicted octanol–water partition coefficient (Wildman–Crippen LogP) is 3.56. The van der Waals surface area contributed by atoms with Gasteiger partial charge in [-0.1, -0.05) is 25.5 Å². The highest BCUT2D eigenvalue weighted by molar-refractivity contribution is 6.00. The van der Waals surface area contributed by atoms with Crippen LogP contribution in [0.4, 0.5) is 5.69 Å². The molecular formula is C20H30N2O2. The van der Waals surface area contributed by atoms with Gasteiger partial charge >= 0.3 is 0 Å². The average Bonchev–Trinajstić information content (AvgIpc) is 2.84. The second kappa shape index (κ2) is 6.07. The number of benzene rings is 1. The number of methoxy groups -OCH3 is 1. The fourth-order valence-electron chi connectivity index (χ4n) is 5.11. The van der Waals surface area contributed by atoms with Gasteiger partial charge in [-0.2, -0.15) is 0 Å². The number of fused-ring (bicyclic) bond motifs is 1. The molecule has 0 unspecified atom stereocenters. The third kappa shape index (κ3) is 2.71. The fourth-order valence-corrected chi connectivity index (χ4v) is 5.11. The largest absolute Gasteiger partial charge is 0.385 e. The van der Waals surface area contributed by atoms with Crippen LogP contribution < -0.4 is 5.32 Å². The first-order valence-corrected chi connectivity index (χ1v) is 8.96. The Kier molecular flexibility index (Phi) is 4.37. The molecule has 1 N–H and O–H groups in total. The second-order valence-corrected chi connectivity index (χ2v) is 8.28. The van der Waals surface area contributed by atoms with Crippen molar-refractivity contribution in [2.24, 2.45) is 16.7 Å². The lowest BCUT2D eigenvalue weighted by Crippen LogP contribution is -2.55. The third-order valence-electron chi connectivity index (χ3n) is 5.89. The van der Waals surface area contributed by atoms with E-state index >= 15 is 0 Å². The number of rotatable bonds is 5. The number of hydrogen-bond acceptors (Lipinski definition) is 3. The molecule has 1 amide bonds. The van der Waals surface area contributed by atoms with Crippen LogP contribution in [-0.4, -0.2) is 44.2 Å². The van der Waals surface area contributed by atoms with Crippen LogP contribution in [0.1, 0.15) is 43.1 Å². The zero-order chi connectivity index (χ0) is 17.5. The molecule has 4 heteroatoms. The molecule has 2 aliphatic rings. The van der Waals surface area contributed by atoms with E-state index < -0.39 is 0 Å². The van der Waals surface area contributed by atoms with Crippen molar-refractivity contribution >= 4 is 11.6 Å². The summed E-state index contributed by atoms with van der Waals surface area (Å²) in [6, 6.07) is 6.08. The summed E-state index contributed by atoms with van der Waals surface area (Å²) in [4.78, 5) is 15.3. The molecule has 0 spiro atoms. The van der Waals surface area contributed by atoms with Gasteiger partial charge in [0.1, 0.15) is 0 Å². The van der Waals surface area contributed by atoms with Crippen molar-refractivity contribution in [2.45, 2.75) is 34.1 Å². The molecule has 0 aromatic heterocycles. The fraction of sp³-hybridized carbons (Fsp3) is 0.650. The number of amides is 1. The van der Waals surface area contributed by atoms with E-state index in [1.807, 2.05) is 24.0 Å². The first kappa shape index (κ1) is 17.3. The number of nitrogens with zero attached hydrogens (tertiary/aromatic N) is 1. The number of hydrogen-bond donors (Lipinski definition) is 1. The molecule has 4 nitrogen and oxygen atoms in total. The molecule has 1 saturated carbocycles. The molecule has 1 aliphatic heterocycles. The second-order valence-electron chi connectivity index (χ2n) is 8.28. The standard InChI is InChI=1S/C20H30N2O2/c1-6-21-16-8-7-14(2)9-15(16)18(23)22-10-17-19(3,4)11-20(17,12-22)13-24-5/h7-9,17,21H,6,10-13H2,1-5H3/t17-,20-/m1/s1. The minimum absolute atomic E-state index is 0.148. The van der Waals surface area contributed by atoms with E-state index in [1.165, 1.54) is 0 Å². The zero-order valence-electron chi connectivity index (χ0n) is 15.6. The molecule has 1 aromatic rings. The third-order valence-corrected chi connectivity index (χ3v) is 5.89. The highest BCUT2D eigenvalue weighted by Crippen LogP contribution is 2.62. The van der Waals surface area contributed by atoms with Gasteiger partial charge in [0.25, 0.3) is 5.91 Å². The van der Waals surface area contributed by atoms with Crippen molar-refractivity contribution < 1.29 is 9.53 Å². The summed E-state index contributed by atoms with van der Waals surface area (Å²) >= 11 is 0. The van der Waals surface area contributed by atoms with E-state index in [0.717, 1.165) is 49.5 Å². The van der Waals surface area contributed by atoms with E-state index in [9.17, 15) is 4.79 Å². The van der Waals surface area contributed by atoms with E-state index in [2.05, 4.69) is 32.2 Å². The van der Waals surface area contributed by atoms with E-state index in [1.54, 1.807) is 7.11 Å².